The van der Waals surface area contributed by atoms with Crippen LogP contribution in [0, 0.1) is 0 Å². The highest BCUT2D eigenvalue weighted by Crippen LogP contribution is 2.16. The third-order valence-corrected chi connectivity index (χ3v) is 2.38. The molecule has 4 nitrogen and oxygen atoms in total. The van der Waals surface area contributed by atoms with Gasteiger partial charge in [-0.25, -0.2) is 4.68 Å². The summed E-state index contributed by atoms with van der Waals surface area (Å²) < 4.78 is 2.45. The van der Waals surface area contributed by atoms with E-state index < -0.39 is 5.91 Å². The lowest BCUT2D eigenvalue weighted by molar-refractivity contribution is 0.1000. The smallest absolute Gasteiger partial charge is 0.250 e. The first kappa shape index (κ1) is 9.92. The molecule has 1 aromatic heterocycles. The number of amides is 1. The summed E-state index contributed by atoms with van der Waals surface area (Å²) in [6.45, 7) is 0. The molecular formula is C10H8BrN3O. The number of carbonyl (C=O) groups is 1. The van der Waals surface area contributed by atoms with Gasteiger partial charge in [-0.2, -0.15) is 5.10 Å². The lowest BCUT2D eigenvalue weighted by Crippen LogP contribution is -2.14. The molecule has 2 aromatic rings. The summed E-state index contributed by atoms with van der Waals surface area (Å²) in [4.78, 5) is 11.2. The second-order valence-electron chi connectivity index (χ2n) is 2.98. The SMILES string of the molecule is NC(=O)c1ccccc1-n1cc(Br)cn1. The van der Waals surface area contributed by atoms with Gasteiger partial charge in [0.1, 0.15) is 0 Å². The van der Waals surface area contributed by atoms with Gasteiger partial charge in [-0.05, 0) is 28.1 Å². The molecule has 2 rings (SSSR count). The quantitative estimate of drug-likeness (QED) is 0.899. The molecule has 0 aliphatic heterocycles. The Balaban J connectivity index is 2.57. The number of hydrogen-bond acceptors (Lipinski definition) is 2. The molecule has 0 unspecified atom stereocenters. The molecule has 0 saturated heterocycles. The van der Waals surface area contributed by atoms with E-state index in [0.717, 1.165) is 4.47 Å². The summed E-state index contributed by atoms with van der Waals surface area (Å²) in [5, 5.41) is 4.09. The molecular weight excluding hydrogens is 258 g/mol. The molecule has 76 valence electrons. The molecule has 0 fully saturated rings. The maximum absolute atomic E-state index is 11.2. The number of rotatable bonds is 2. The van der Waals surface area contributed by atoms with Gasteiger partial charge >= 0.3 is 0 Å². The van der Waals surface area contributed by atoms with Gasteiger partial charge in [0.2, 0.25) is 0 Å². The van der Waals surface area contributed by atoms with Gasteiger partial charge < -0.3 is 5.73 Å². The van der Waals surface area contributed by atoms with Crippen LogP contribution in [0.1, 0.15) is 10.4 Å². The minimum atomic E-state index is -0.461. The van der Waals surface area contributed by atoms with Crippen LogP contribution in [0.4, 0.5) is 0 Å². The molecule has 0 aliphatic carbocycles. The Morgan fingerprint density at radius 3 is 2.73 bits per heavy atom. The summed E-state index contributed by atoms with van der Waals surface area (Å²) in [6, 6.07) is 7.06. The average molecular weight is 266 g/mol. The second-order valence-corrected chi connectivity index (χ2v) is 3.90. The Kier molecular flexibility index (Phi) is 2.55. The first-order valence-electron chi connectivity index (χ1n) is 4.28. The van der Waals surface area contributed by atoms with Gasteiger partial charge in [0.05, 0.1) is 21.9 Å². The number of para-hydroxylation sites is 1. The number of carbonyl (C=O) groups excluding carboxylic acids is 1. The van der Waals surface area contributed by atoms with Gasteiger partial charge in [-0.1, -0.05) is 12.1 Å². The van der Waals surface area contributed by atoms with Crippen molar-refractivity contribution in [2.75, 3.05) is 0 Å². The van der Waals surface area contributed by atoms with E-state index in [4.69, 9.17) is 5.73 Å². The Morgan fingerprint density at radius 2 is 2.13 bits per heavy atom. The van der Waals surface area contributed by atoms with Crippen LogP contribution in [0.5, 0.6) is 0 Å². The highest BCUT2D eigenvalue weighted by Gasteiger charge is 2.09. The molecule has 15 heavy (non-hydrogen) atoms. The molecule has 5 heteroatoms. The standard InChI is InChI=1S/C10H8BrN3O/c11-7-5-13-14(6-7)9-4-2-1-3-8(9)10(12)15/h1-6H,(H2,12,15). The van der Waals surface area contributed by atoms with E-state index in [1.807, 2.05) is 6.07 Å². The zero-order valence-corrected chi connectivity index (χ0v) is 9.31. The maximum Gasteiger partial charge on any atom is 0.250 e. The van der Waals surface area contributed by atoms with Gasteiger partial charge in [0.25, 0.3) is 5.91 Å². The summed E-state index contributed by atoms with van der Waals surface area (Å²) in [7, 11) is 0. The van der Waals surface area contributed by atoms with Crippen molar-refractivity contribution in [3.05, 3.63) is 46.7 Å². The van der Waals surface area contributed by atoms with Gasteiger partial charge in [0, 0.05) is 6.20 Å². The van der Waals surface area contributed by atoms with E-state index in [2.05, 4.69) is 21.0 Å². The van der Waals surface area contributed by atoms with Gasteiger partial charge in [-0.15, -0.1) is 0 Å². The van der Waals surface area contributed by atoms with Crippen molar-refractivity contribution in [2.45, 2.75) is 0 Å². The molecule has 2 N–H and O–H groups in total. The monoisotopic (exact) mass is 265 g/mol. The van der Waals surface area contributed by atoms with Crippen LogP contribution in [0.25, 0.3) is 5.69 Å². The first-order valence-corrected chi connectivity index (χ1v) is 5.07. The molecule has 0 bridgehead atoms. The fourth-order valence-corrected chi connectivity index (χ4v) is 1.60. The third-order valence-electron chi connectivity index (χ3n) is 1.97. The summed E-state index contributed by atoms with van der Waals surface area (Å²) >= 11 is 3.29. The van der Waals surface area contributed by atoms with E-state index >= 15 is 0 Å². The third kappa shape index (κ3) is 1.92. The summed E-state index contributed by atoms with van der Waals surface area (Å²) in [5.41, 5.74) is 6.40. The minimum Gasteiger partial charge on any atom is -0.366 e. The summed E-state index contributed by atoms with van der Waals surface area (Å²) in [5.74, 6) is -0.461. The van der Waals surface area contributed by atoms with Crippen molar-refractivity contribution in [1.29, 1.82) is 0 Å². The number of primary amides is 1. The summed E-state index contributed by atoms with van der Waals surface area (Å²) in [6.07, 6.45) is 3.42. The Hall–Kier alpha value is -1.62. The number of aromatic nitrogens is 2. The normalized spacial score (nSPS) is 10.2. The molecule has 1 aromatic carbocycles. The molecule has 0 aliphatic rings. The maximum atomic E-state index is 11.2. The zero-order valence-electron chi connectivity index (χ0n) is 7.72. The van der Waals surface area contributed by atoms with E-state index in [-0.39, 0.29) is 0 Å². The predicted octanol–water partition coefficient (Wildman–Crippen LogP) is 1.73. The molecule has 1 heterocycles. The minimum absolute atomic E-state index is 0.452. The number of nitrogens with zero attached hydrogens (tertiary/aromatic N) is 2. The molecule has 0 spiro atoms. The molecule has 1 amide bonds. The van der Waals surface area contributed by atoms with Crippen molar-refractivity contribution in [2.24, 2.45) is 5.73 Å². The first-order chi connectivity index (χ1) is 7.18. The van der Waals surface area contributed by atoms with Crippen molar-refractivity contribution in [3.63, 3.8) is 0 Å². The van der Waals surface area contributed by atoms with Crippen LogP contribution in [0.2, 0.25) is 0 Å². The van der Waals surface area contributed by atoms with Gasteiger partial charge in [-0.3, -0.25) is 4.79 Å². The topological polar surface area (TPSA) is 60.9 Å². The highest BCUT2D eigenvalue weighted by molar-refractivity contribution is 9.10. The van der Waals surface area contributed by atoms with Gasteiger partial charge in [0.15, 0.2) is 0 Å². The number of halogens is 1. The number of hydrogen-bond donors (Lipinski definition) is 1. The van der Waals surface area contributed by atoms with E-state index in [1.165, 1.54) is 0 Å². The Labute approximate surface area is 94.8 Å². The Bertz CT molecular complexity index is 507. The fraction of sp³-hybridized carbons (Fsp3) is 0. The van der Waals surface area contributed by atoms with Crippen molar-refractivity contribution < 1.29 is 4.79 Å². The number of nitrogens with two attached hydrogens (primary N) is 1. The fourth-order valence-electron chi connectivity index (χ4n) is 1.31. The second kappa shape index (κ2) is 3.86. The van der Waals surface area contributed by atoms with E-state index in [1.54, 1.807) is 35.3 Å². The molecule has 0 atom stereocenters. The van der Waals surface area contributed by atoms with Crippen LogP contribution in [0.15, 0.2) is 41.1 Å². The number of benzene rings is 1. The lowest BCUT2D eigenvalue weighted by atomic mass is 10.2. The van der Waals surface area contributed by atoms with Crippen molar-refractivity contribution >= 4 is 21.8 Å². The van der Waals surface area contributed by atoms with E-state index in [0.29, 0.717) is 11.3 Å². The van der Waals surface area contributed by atoms with Crippen LogP contribution >= 0.6 is 15.9 Å². The average Bonchev–Trinajstić information content (AvgIpc) is 2.65. The zero-order chi connectivity index (χ0) is 10.8. The molecule has 0 radical (unpaired) electrons. The van der Waals surface area contributed by atoms with Crippen LogP contribution < -0.4 is 5.73 Å². The lowest BCUT2D eigenvalue weighted by Gasteiger charge is -2.05. The van der Waals surface area contributed by atoms with Crippen molar-refractivity contribution in [3.8, 4) is 5.69 Å². The largest absolute Gasteiger partial charge is 0.366 e. The van der Waals surface area contributed by atoms with Crippen LogP contribution in [0.3, 0.4) is 0 Å². The van der Waals surface area contributed by atoms with Crippen LogP contribution in [-0.4, -0.2) is 15.7 Å². The van der Waals surface area contributed by atoms with Crippen molar-refractivity contribution in [1.82, 2.24) is 9.78 Å². The molecule has 0 saturated carbocycles. The highest BCUT2D eigenvalue weighted by atomic mass is 79.9. The van der Waals surface area contributed by atoms with Crippen LogP contribution in [-0.2, 0) is 0 Å². The predicted molar refractivity (Wildman–Crippen MR) is 59.8 cm³/mol. The Morgan fingerprint density at radius 1 is 1.40 bits per heavy atom. The van der Waals surface area contributed by atoms with E-state index in [9.17, 15) is 4.79 Å².